The second-order valence-electron chi connectivity index (χ2n) is 5.93. The predicted molar refractivity (Wildman–Crippen MR) is 108 cm³/mol. The highest BCUT2D eigenvalue weighted by atomic mass is 32.1. The van der Waals surface area contributed by atoms with Crippen molar-refractivity contribution in [2.45, 2.75) is 19.8 Å². The topological polar surface area (TPSA) is 64.6 Å². The highest BCUT2D eigenvalue weighted by molar-refractivity contribution is 7.21. The number of amides is 1. The second-order valence-corrected chi connectivity index (χ2v) is 6.98. The van der Waals surface area contributed by atoms with E-state index < -0.39 is 5.97 Å². The van der Waals surface area contributed by atoms with E-state index in [2.05, 4.69) is 5.32 Å². The average molecular weight is 383 g/mol. The van der Waals surface area contributed by atoms with E-state index in [-0.39, 0.29) is 5.91 Å². The molecule has 5 nitrogen and oxygen atoms in total. The van der Waals surface area contributed by atoms with Crippen molar-refractivity contribution in [3.63, 3.8) is 0 Å². The fourth-order valence-electron chi connectivity index (χ4n) is 2.79. The minimum absolute atomic E-state index is 0.0559. The van der Waals surface area contributed by atoms with Crippen LogP contribution in [0.5, 0.6) is 5.75 Å². The van der Waals surface area contributed by atoms with E-state index in [1.54, 1.807) is 0 Å². The summed E-state index contributed by atoms with van der Waals surface area (Å²) >= 11 is 1.32. The van der Waals surface area contributed by atoms with Gasteiger partial charge in [0.15, 0.2) is 10.6 Å². The van der Waals surface area contributed by atoms with Crippen LogP contribution in [0.4, 0.5) is 5.69 Å². The van der Waals surface area contributed by atoms with Crippen LogP contribution in [0, 0.1) is 0 Å². The Kier molecular flexibility index (Phi) is 6.08. The van der Waals surface area contributed by atoms with Crippen LogP contribution in [0.1, 0.15) is 28.6 Å². The van der Waals surface area contributed by atoms with Crippen molar-refractivity contribution in [3.05, 3.63) is 59.0 Å². The van der Waals surface area contributed by atoms with E-state index in [0.29, 0.717) is 35.8 Å². The lowest BCUT2D eigenvalue weighted by atomic mass is 10.1. The Labute approximate surface area is 161 Å². The summed E-state index contributed by atoms with van der Waals surface area (Å²) in [6, 6.07) is 15.4. The first-order valence-corrected chi connectivity index (χ1v) is 9.55. The first-order chi connectivity index (χ1) is 13.1. The fourth-order valence-corrected chi connectivity index (χ4v) is 3.84. The fraction of sp³-hybridized carbons (Fsp3) is 0.238. The number of anilines is 1. The van der Waals surface area contributed by atoms with Gasteiger partial charge in [-0.15, -0.1) is 11.3 Å². The van der Waals surface area contributed by atoms with Crippen LogP contribution in [0.2, 0.25) is 0 Å². The minimum atomic E-state index is -0.423. The molecule has 0 bridgehead atoms. The minimum Gasteiger partial charge on any atom is -0.491 e. The molecule has 0 aliphatic rings. The molecular weight excluding hydrogens is 362 g/mol. The summed E-state index contributed by atoms with van der Waals surface area (Å²) in [7, 11) is 1.35. The molecule has 1 heterocycles. The third kappa shape index (κ3) is 4.46. The van der Waals surface area contributed by atoms with Gasteiger partial charge in [0.05, 0.1) is 13.7 Å². The van der Waals surface area contributed by atoms with Crippen LogP contribution in [0.25, 0.3) is 10.1 Å². The Balaban J connectivity index is 1.78. The molecular formula is C21H21NO4S. The molecule has 0 unspecified atom stereocenters. The zero-order valence-electron chi connectivity index (χ0n) is 15.3. The van der Waals surface area contributed by atoms with E-state index in [9.17, 15) is 9.59 Å². The van der Waals surface area contributed by atoms with Crippen molar-refractivity contribution in [1.82, 2.24) is 0 Å². The van der Waals surface area contributed by atoms with Gasteiger partial charge in [-0.25, -0.2) is 4.79 Å². The molecule has 3 rings (SSSR count). The van der Waals surface area contributed by atoms with Crippen molar-refractivity contribution in [2.24, 2.45) is 0 Å². The van der Waals surface area contributed by atoms with Gasteiger partial charge >= 0.3 is 5.97 Å². The maximum absolute atomic E-state index is 12.3. The number of aryl methyl sites for hydroxylation is 1. The molecule has 140 valence electrons. The molecule has 27 heavy (non-hydrogen) atoms. The molecule has 2 aromatic carbocycles. The molecule has 0 saturated heterocycles. The van der Waals surface area contributed by atoms with Crippen molar-refractivity contribution in [1.29, 1.82) is 0 Å². The normalized spacial score (nSPS) is 10.6. The quantitative estimate of drug-likeness (QED) is 0.603. The van der Waals surface area contributed by atoms with Crippen molar-refractivity contribution in [2.75, 3.05) is 19.0 Å². The SMILES string of the molecule is CCOc1c(C(=O)OC)sc2ccc(NC(=O)CCc3ccccc3)cc12. The number of rotatable bonds is 7. The predicted octanol–water partition coefficient (Wildman–Crippen LogP) is 4.66. The number of hydrogen-bond acceptors (Lipinski definition) is 5. The highest BCUT2D eigenvalue weighted by Gasteiger charge is 2.20. The molecule has 0 fully saturated rings. The average Bonchev–Trinajstić information content (AvgIpc) is 3.05. The van der Waals surface area contributed by atoms with Crippen LogP contribution in [-0.4, -0.2) is 25.6 Å². The summed E-state index contributed by atoms with van der Waals surface area (Å²) in [5.74, 6) is 0.0254. The first-order valence-electron chi connectivity index (χ1n) is 8.73. The Morgan fingerprint density at radius 2 is 1.89 bits per heavy atom. The number of methoxy groups -OCH3 is 1. The Morgan fingerprint density at radius 3 is 2.59 bits per heavy atom. The molecule has 0 saturated carbocycles. The number of hydrogen-bond donors (Lipinski definition) is 1. The molecule has 0 spiro atoms. The lowest BCUT2D eigenvalue weighted by Gasteiger charge is -2.07. The molecule has 1 amide bonds. The summed E-state index contributed by atoms with van der Waals surface area (Å²) < 4.78 is 11.4. The molecule has 0 aliphatic heterocycles. The van der Waals surface area contributed by atoms with E-state index in [1.165, 1.54) is 18.4 Å². The van der Waals surface area contributed by atoms with E-state index in [0.717, 1.165) is 15.6 Å². The lowest BCUT2D eigenvalue weighted by molar-refractivity contribution is -0.116. The van der Waals surface area contributed by atoms with Crippen LogP contribution in [-0.2, 0) is 16.0 Å². The second kappa shape index (κ2) is 8.68. The number of nitrogens with one attached hydrogen (secondary N) is 1. The molecule has 1 N–H and O–H groups in total. The number of carbonyl (C=O) groups excluding carboxylic acids is 2. The van der Waals surface area contributed by atoms with Gasteiger partial charge < -0.3 is 14.8 Å². The van der Waals surface area contributed by atoms with Crippen LogP contribution < -0.4 is 10.1 Å². The third-order valence-electron chi connectivity index (χ3n) is 4.07. The van der Waals surface area contributed by atoms with Gasteiger partial charge in [0.25, 0.3) is 0 Å². The van der Waals surface area contributed by atoms with Gasteiger partial charge in [-0.2, -0.15) is 0 Å². The number of ether oxygens (including phenoxy) is 2. The van der Waals surface area contributed by atoms with Crippen molar-refractivity contribution < 1.29 is 19.1 Å². The van der Waals surface area contributed by atoms with Gasteiger partial charge in [-0.3, -0.25) is 4.79 Å². The summed E-state index contributed by atoms with van der Waals surface area (Å²) in [5.41, 5.74) is 1.80. The van der Waals surface area contributed by atoms with Gasteiger partial charge in [0.1, 0.15) is 0 Å². The number of benzene rings is 2. The summed E-state index contributed by atoms with van der Waals surface area (Å²) in [6.07, 6.45) is 1.08. The third-order valence-corrected chi connectivity index (χ3v) is 5.20. The summed E-state index contributed by atoms with van der Waals surface area (Å²) in [5, 5.41) is 3.71. The summed E-state index contributed by atoms with van der Waals surface area (Å²) in [6.45, 7) is 2.29. The monoisotopic (exact) mass is 383 g/mol. The Hall–Kier alpha value is -2.86. The Bertz CT molecular complexity index is 949. The first kappa shape index (κ1) is 18.9. The van der Waals surface area contributed by atoms with Gasteiger partial charge in [-0.1, -0.05) is 30.3 Å². The van der Waals surface area contributed by atoms with Gasteiger partial charge in [0, 0.05) is 22.2 Å². The van der Waals surface area contributed by atoms with Crippen LogP contribution >= 0.6 is 11.3 Å². The van der Waals surface area contributed by atoms with E-state index >= 15 is 0 Å². The number of carbonyl (C=O) groups is 2. The molecule has 0 radical (unpaired) electrons. The number of esters is 1. The maximum Gasteiger partial charge on any atom is 0.351 e. The molecule has 1 aromatic heterocycles. The van der Waals surface area contributed by atoms with Crippen LogP contribution in [0.15, 0.2) is 48.5 Å². The van der Waals surface area contributed by atoms with E-state index in [4.69, 9.17) is 9.47 Å². The molecule has 3 aromatic rings. The lowest BCUT2D eigenvalue weighted by Crippen LogP contribution is -2.12. The van der Waals surface area contributed by atoms with Crippen molar-refractivity contribution >= 4 is 39.0 Å². The molecule has 0 aliphatic carbocycles. The standard InChI is InChI=1S/C21H21NO4S/c1-3-26-19-16-13-15(10-11-17(16)27-20(19)21(24)25-2)22-18(23)12-9-14-7-5-4-6-8-14/h4-8,10-11,13H,3,9,12H2,1-2H3,(H,22,23). The maximum atomic E-state index is 12.3. The number of thiophene rings is 1. The van der Waals surface area contributed by atoms with Crippen molar-refractivity contribution in [3.8, 4) is 5.75 Å². The molecule has 6 heteroatoms. The zero-order chi connectivity index (χ0) is 19.2. The molecule has 0 atom stereocenters. The highest BCUT2D eigenvalue weighted by Crippen LogP contribution is 2.39. The number of fused-ring (bicyclic) bond motifs is 1. The largest absolute Gasteiger partial charge is 0.491 e. The smallest absolute Gasteiger partial charge is 0.351 e. The summed E-state index contributed by atoms with van der Waals surface area (Å²) in [4.78, 5) is 24.7. The zero-order valence-corrected chi connectivity index (χ0v) is 16.1. The van der Waals surface area contributed by atoms with Gasteiger partial charge in [0.2, 0.25) is 5.91 Å². The van der Waals surface area contributed by atoms with Gasteiger partial charge in [-0.05, 0) is 37.1 Å². The Morgan fingerprint density at radius 1 is 1.11 bits per heavy atom. The van der Waals surface area contributed by atoms with Crippen LogP contribution in [0.3, 0.4) is 0 Å². The van der Waals surface area contributed by atoms with E-state index in [1.807, 2.05) is 55.5 Å².